The normalized spacial score (nSPS) is 14.2. The highest BCUT2D eigenvalue weighted by Gasteiger charge is 2.28. The van der Waals surface area contributed by atoms with Gasteiger partial charge < -0.3 is 19.9 Å². The van der Waals surface area contributed by atoms with Gasteiger partial charge in [0.2, 0.25) is 5.88 Å². The van der Waals surface area contributed by atoms with Gasteiger partial charge in [-0.3, -0.25) is 4.98 Å². The minimum atomic E-state index is -1.07. The number of aliphatic hydroxyl groups is 1. The zero-order valence-corrected chi connectivity index (χ0v) is 11.1. The van der Waals surface area contributed by atoms with Crippen LogP contribution in [-0.4, -0.2) is 49.0 Å². The molecule has 0 bridgehead atoms. The van der Waals surface area contributed by atoms with Gasteiger partial charge in [0.25, 0.3) is 0 Å². The molecule has 0 radical (unpaired) electrons. The minimum Gasteiger partial charge on any atom is -0.480 e. The molecular weight excluding hydrogens is 234 g/mol. The molecule has 0 spiro atoms. The lowest BCUT2D eigenvalue weighted by atomic mass is 9.98. The summed E-state index contributed by atoms with van der Waals surface area (Å²) in [6.07, 6.45) is 3.60. The molecule has 0 aromatic carbocycles. The summed E-state index contributed by atoms with van der Waals surface area (Å²) in [5.74, 6) is 0.361. The van der Waals surface area contributed by atoms with E-state index in [0.29, 0.717) is 31.1 Å². The average molecular weight is 255 g/mol. The molecule has 0 amide bonds. The number of ether oxygens (including phenoxy) is 2. The standard InChI is InChI=1S/C12H21N3O3/c1-12(16,4-5-13-8-9-17-2)10-11(18-3)15-7-6-14-10/h6-7,13,16H,4-5,8-9H2,1-3H3. The van der Waals surface area contributed by atoms with Crippen molar-refractivity contribution in [3.8, 4) is 5.88 Å². The van der Waals surface area contributed by atoms with E-state index in [2.05, 4.69) is 15.3 Å². The van der Waals surface area contributed by atoms with Crippen molar-refractivity contribution in [2.24, 2.45) is 0 Å². The molecule has 0 aliphatic rings. The van der Waals surface area contributed by atoms with Crippen molar-refractivity contribution < 1.29 is 14.6 Å². The van der Waals surface area contributed by atoms with E-state index in [0.717, 1.165) is 6.54 Å². The fraction of sp³-hybridized carbons (Fsp3) is 0.667. The van der Waals surface area contributed by atoms with Gasteiger partial charge in [0.15, 0.2) is 0 Å². The molecule has 0 aliphatic carbocycles. The number of aromatic nitrogens is 2. The van der Waals surface area contributed by atoms with Crippen molar-refractivity contribution in [3.05, 3.63) is 18.1 Å². The van der Waals surface area contributed by atoms with Crippen LogP contribution < -0.4 is 10.1 Å². The zero-order valence-electron chi connectivity index (χ0n) is 11.1. The van der Waals surface area contributed by atoms with Gasteiger partial charge in [-0.05, 0) is 19.9 Å². The third kappa shape index (κ3) is 4.21. The summed E-state index contributed by atoms with van der Waals surface area (Å²) in [4.78, 5) is 8.18. The Morgan fingerprint density at radius 2 is 2.00 bits per heavy atom. The van der Waals surface area contributed by atoms with E-state index in [-0.39, 0.29) is 0 Å². The molecule has 18 heavy (non-hydrogen) atoms. The molecule has 2 N–H and O–H groups in total. The Morgan fingerprint density at radius 1 is 1.28 bits per heavy atom. The lowest BCUT2D eigenvalue weighted by Gasteiger charge is -2.23. The maximum atomic E-state index is 10.4. The summed E-state index contributed by atoms with van der Waals surface area (Å²) in [6, 6.07) is 0. The van der Waals surface area contributed by atoms with Crippen LogP contribution in [0.5, 0.6) is 5.88 Å². The van der Waals surface area contributed by atoms with Crippen LogP contribution in [-0.2, 0) is 10.3 Å². The second kappa shape index (κ2) is 7.25. The highest BCUT2D eigenvalue weighted by molar-refractivity contribution is 5.23. The number of nitrogens with one attached hydrogen (secondary N) is 1. The number of nitrogens with zero attached hydrogens (tertiary/aromatic N) is 2. The van der Waals surface area contributed by atoms with E-state index in [4.69, 9.17) is 9.47 Å². The Balaban J connectivity index is 2.56. The smallest absolute Gasteiger partial charge is 0.238 e. The third-order valence-electron chi connectivity index (χ3n) is 2.64. The number of methoxy groups -OCH3 is 2. The molecule has 1 aromatic heterocycles. The van der Waals surface area contributed by atoms with Crippen molar-refractivity contribution in [1.29, 1.82) is 0 Å². The lowest BCUT2D eigenvalue weighted by Crippen LogP contribution is -2.30. The molecule has 0 saturated carbocycles. The van der Waals surface area contributed by atoms with Gasteiger partial charge in [0.1, 0.15) is 11.3 Å². The van der Waals surface area contributed by atoms with Crippen LogP contribution in [0.3, 0.4) is 0 Å². The van der Waals surface area contributed by atoms with E-state index >= 15 is 0 Å². The van der Waals surface area contributed by atoms with Crippen LogP contribution >= 0.6 is 0 Å². The first-order chi connectivity index (χ1) is 8.61. The molecule has 1 heterocycles. The van der Waals surface area contributed by atoms with Crippen LogP contribution in [0.4, 0.5) is 0 Å². The molecule has 1 aromatic rings. The van der Waals surface area contributed by atoms with Crippen LogP contribution in [0.2, 0.25) is 0 Å². The molecule has 102 valence electrons. The zero-order chi connectivity index (χ0) is 13.4. The van der Waals surface area contributed by atoms with Gasteiger partial charge in [0, 0.05) is 26.0 Å². The lowest BCUT2D eigenvalue weighted by molar-refractivity contribution is 0.0397. The van der Waals surface area contributed by atoms with Gasteiger partial charge in [-0.15, -0.1) is 0 Å². The van der Waals surface area contributed by atoms with Gasteiger partial charge in [0.05, 0.1) is 13.7 Å². The second-order valence-electron chi connectivity index (χ2n) is 4.18. The summed E-state index contributed by atoms with van der Waals surface area (Å²) < 4.78 is 10.0. The molecular formula is C12H21N3O3. The van der Waals surface area contributed by atoms with Crippen LogP contribution in [0.1, 0.15) is 19.0 Å². The third-order valence-corrected chi connectivity index (χ3v) is 2.64. The highest BCUT2D eigenvalue weighted by Crippen LogP contribution is 2.28. The van der Waals surface area contributed by atoms with E-state index < -0.39 is 5.60 Å². The summed E-state index contributed by atoms with van der Waals surface area (Å²) in [5, 5.41) is 13.6. The topological polar surface area (TPSA) is 76.5 Å². The van der Waals surface area contributed by atoms with E-state index in [1.54, 1.807) is 20.2 Å². The summed E-state index contributed by atoms with van der Waals surface area (Å²) in [6.45, 7) is 3.77. The maximum absolute atomic E-state index is 10.4. The fourth-order valence-electron chi connectivity index (χ4n) is 1.59. The molecule has 0 saturated heterocycles. The van der Waals surface area contributed by atoms with E-state index in [1.807, 2.05) is 0 Å². The van der Waals surface area contributed by atoms with Crippen LogP contribution in [0.25, 0.3) is 0 Å². The SMILES string of the molecule is COCCNCCC(C)(O)c1nccnc1OC. The van der Waals surface area contributed by atoms with Crippen molar-refractivity contribution >= 4 is 0 Å². The Labute approximate surface area is 107 Å². The molecule has 1 rings (SSSR count). The molecule has 6 heteroatoms. The van der Waals surface area contributed by atoms with Crippen molar-refractivity contribution in [2.75, 3.05) is 33.9 Å². The van der Waals surface area contributed by atoms with E-state index in [1.165, 1.54) is 13.3 Å². The number of hydrogen-bond donors (Lipinski definition) is 2. The van der Waals surface area contributed by atoms with Crippen LogP contribution in [0.15, 0.2) is 12.4 Å². The van der Waals surface area contributed by atoms with Gasteiger partial charge >= 0.3 is 0 Å². The Kier molecular flexibility index (Phi) is 5.97. The molecule has 0 fully saturated rings. The first-order valence-corrected chi connectivity index (χ1v) is 5.89. The van der Waals surface area contributed by atoms with Crippen molar-refractivity contribution in [3.63, 3.8) is 0 Å². The largest absolute Gasteiger partial charge is 0.480 e. The maximum Gasteiger partial charge on any atom is 0.238 e. The summed E-state index contributed by atoms with van der Waals surface area (Å²) in [7, 11) is 3.17. The monoisotopic (exact) mass is 255 g/mol. The first-order valence-electron chi connectivity index (χ1n) is 5.89. The minimum absolute atomic E-state index is 0.361. The quantitative estimate of drug-likeness (QED) is 0.651. The molecule has 6 nitrogen and oxygen atoms in total. The average Bonchev–Trinajstić information content (AvgIpc) is 2.38. The van der Waals surface area contributed by atoms with Crippen molar-refractivity contribution in [1.82, 2.24) is 15.3 Å². The molecule has 1 atom stereocenters. The van der Waals surface area contributed by atoms with E-state index in [9.17, 15) is 5.11 Å². The number of rotatable bonds is 8. The Morgan fingerprint density at radius 3 is 2.67 bits per heavy atom. The highest BCUT2D eigenvalue weighted by atomic mass is 16.5. The summed E-state index contributed by atoms with van der Waals surface area (Å²) in [5.41, 5.74) is -0.610. The first kappa shape index (κ1) is 14.8. The number of hydrogen-bond acceptors (Lipinski definition) is 6. The Bertz CT molecular complexity index is 358. The predicted octanol–water partition coefficient (Wildman–Crippen LogP) is 0.319. The van der Waals surface area contributed by atoms with Gasteiger partial charge in [-0.2, -0.15) is 0 Å². The Hall–Kier alpha value is -1.24. The predicted molar refractivity (Wildman–Crippen MR) is 67.5 cm³/mol. The van der Waals surface area contributed by atoms with Gasteiger partial charge in [-0.25, -0.2) is 4.98 Å². The molecule has 1 unspecified atom stereocenters. The second-order valence-corrected chi connectivity index (χ2v) is 4.18. The summed E-state index contributed by atoms with van der Waals surface area (Å²) >= 11 is 0. The fourth-order valence-corrected chi connectivity index (χ4v) is 1.59. The van der Waals surface area contributed by atoms with Crippen LogP contribution in [0, 0.1) is 0 Å². The molecule has 0 aliphatic heterocycles. The van der Waals surface area contributed by atoms with Gasteiger partial charge in [-0.1, -0.05) is 0 Å². The van der Waals surface area contributed by atoms with Crippen molar-refractivity contribution in [2.45, 2.75) is 18.9 Å².